The molecule has 0 bridgehead atoms. The lowest BCUT2D eigenvalue weighted by molar-refractivity contribution is -0.116. The second kappa shape index (κ2) is 6.74. The molecule has 0 unspecified atom stereocenters. The van der Waals surface area contributed by atoms with Crippen molar-refractivity contribution in [2.75, 3.05) is 24.3 Å². The number of carbonyl (C=O) groups excluding carboxylic acids is 1. The molecule has 0 aliphatic heterocycles. The molecule has 5 nitrogen and oxygen atoms in total. The number of aromatic nitrogens is 1. The van der Waals surface area contributed by atoms with Crippen LogP contribution in [0.5, 0.6) is 5.75 Å². The minimum Gasteiger partial charge on any atom is -0.504 e. The Morgan fingerprint density at radius 3 is 2.57 bits per heavy atom. The number of amides is 1. The molecule has 0 saturated carbocycles. The van der Waals surface area contributed by atoms with Crippen LogP contribution >= 0.6 is 0 Å². The number of aromatic hydroxyl groups is 1. The summed E-state index contributed by atoms with van der Waals surface area (Å²) in [5.74, 6) is 0.00678. The smallest absolute Gasteiger partial charge is 0.225 e. The predicted molar refractivity (Wildman–Crippen MR) is 83.6 cm³/mol. The third-order valence-corrected chi connectivity index (χ3v) is 3.14. The zero-order chi connectivity index (χ0) is 15.2. The Morgan fingerprint density at radius 1 is 1.24 bits per heavy atom. The summed E-state index contributed by atoms with van der Waals surface area (Å²) in [5, 5.41) is 12.1. The Hall–Kier alpha value is -2.56. The van der Waals surface area contributed by atoms with Gasteiger partial charge in [-0.2, -0.15) is 0 Å². The fourth-order valence-corrected chi connectivity index (χ4v) is 1.91. The largest absolute Gasteiger partial charge is 0.504 e. The van der Waals surface area contributed by atoms with Gasteiger partial charge in [0.05, 0.1) is 0 Å². The quantitative estimate of drug-likeness (QED) is 0.885. The molecular formula is C16H19N3O2. The summed E-state index contributed by atoms with van der Waals surface area (Å²) in [5.41, 5.74) is 2.22. The lowest BCUT2D eigenvalue weighted by Gasteiger charge is -2.12. The number of pyridine rings is 1. The summed E-state index contributed by atoms with van der Waals surface area (Å²) >= 11 is 0. The standard InChI is InChI=1S/C16H19N3O2/c1-19(2)13-8-5-12(6-9-13)7-10-15(21)18-16-14(20)4-3-11-17-16/h3-6,8-9,11,20H,7,10H2,1-2H3,(H,17,18,21). The third-order valence-electron chi connectivity index (χ3n) is 3.14. The molecule has 1 heterocycles. The SMILES string of the molecule is CN(C)c1ccc(CCC(=O)Nc2ncccc2O)cc1. The molecule has 0 atom stereocenters. The normalized spacial score (nSPS) is 10.2. The lowest BCUT2D eigenvalue weighted by Crippen LogP contribution is -2.13. The van der Waals surface area contributed by atoms with Crippen LogP contribution in [0.1, 0.15) is 12.0 Å². The monoisotopic (exact) mass is 285 g/mol. The number of hydrogen-bond acceptors (Lipinski definition) is 4. The molecule has 5 heteroatoms. The number of rotatable bonds is 5. The van der Waals surface area contributed by atoms with E-state index in [0.717, 1.165) is 11.3 Å². The van der Waals surface area contributed by atoms with Gasteiger partial charge in [0.1, 0.15) is 0 Å². The number of anilines is 2. The molecule has 1 amide bonds. The zero-order valence-electron chi connectivity index (χ0n) is 12.2. The third kappa shape index (κ3) is 4.21. The lowest BCUT2D eigenvalue weighted by atomic mass is 10.1. The van der Waals surface area contributed by atoms with Crippen molar-refractivity contribution in [1.29, 1.82) is 0 Å². The van der Waals surface area contributed by atoms with Crippen molar-refractivity contribution in [3.63, 3.8) is 0 Å². The summed E-state index contributed by atoms with van der Waals surface area (Å²) in [6.07, 6.45) is 2.51. The van der Waals surface area contributed by atoms with Crippen molar-refractivity contribution in [2.24, 2.45) is 0 Å². The van der Waals surface area contributed by atoms with Gasteiger partial charge in [0.15, 0.2) is 11.6 Å². The van der Waals surface area contributed by atoms with Gasteiger partial charge >= 0.3 is 0 Å². The summed E-state index contributed by atoms with van der Waals surface area (Å²) in [6, 6.07) is 11.2. The van der Waals surface area contributed by atoms with Crippen molar-refractivity contribution in [1.82, 2.24) is 4.98 Å². The van der Waals surface area contributed by atoms with E-state index in [2.05, 4.69) is 10.3 Å². The van der Waals surface area contributed by atoms with E-state index in [1.165, 1.54) is 12.3 Å². The van der Waals surface area contributed by atoms with Crippen molar-refractivity contribution < 1.29 is 9.90 Å². The molecule has 0 spiro atoms. The van der Waals surface area contributed by atoms with Crippen LogP contribution in [-0.2, 0) is 11.2 Å². The Morgan fingerprint density at radius 2 is 1.95 bits per heavy atom. The van der Waals surface area contributed by atoms with E-state index in [9.17, 15) is 9.90 Å². The number of nitrogens with one attached hydrogen (secondary N) is 1. The summed E-state index contributed by atoms with van der Waals surface area (Å²) in [7, 11) is 3.98. The summed E-state index contributed by atoms with van der Waals surface area (Å²) in [4.78, 5) is 17.8. The highest BCUT2D eigenvalue weighted by atomic mass is 16.3. The van der Waals surface area contributed by atoms with E-state index in [1.807, 2.05) is 43.3 Å². The van der Waals surface area contributed by atoms with Gasteiger partial charge in [0, 0.05) is 32.4 Å². The van der Waals surface area contributed by atoms with Gasteiger partial charge < -0.3 is 15.3 Å². The Labute approximate surface area is 124 Å². The average Bonchev–Trinajstić information content (AvgIpc) is 2.48. The van der Waals surface area contributed by atoms with E-state index in [-0.39, 0.29) is 17.5 Å². The maximum atomic E-state index is 11.8. The van der Waals surface area contributed by atoms with Gasteiger partial charge in [-0.05, 0) is 36.2 Å². The van der Waals surface area contributed by atoms with Gasteiger partial charge in [-0.15, -0.1) is 0 Å². The highest BCUT2D eigenvalue weighted by molar-refractivity contribution is 5.91. The molecule has 110 valence electrons. The van der Waals surface area contributed by atoms with Crippen LogP contribution in [0.2, 0.25) is 0 Å². The van der Waals surface area contributed by atoms with Gasteiger partial charge in [-0.3, -0.25) is 4.79 Å². The van der Waals surface area contributed by atoms with Gasteiger partial charge in [-0.1, -0.05) is 12.1 Å². The number of nitrogens with zero attached hydrogens (tertiary/aromatic N) is 2. The molecule has 0 saturated heterocycles. The number of hydrogen-bond donors (Lipinski definition) is 2. The minimum atomic E-state index is -0.166. The van der Waals surface area contributed by atoms with Crippen LogP contribution in [0.15, 0.2) is 42.6 Å². The molecule has 0 radical (unpaired) electrons. The molecule has 0 aliphatic rings. The number of carbonyl (C=O) groups is 1. The molecule has 2 aromatic rings. The molecule has 1 aromatic heterocycles. The fourth-order valence-electron chi connectivity index (χ4n) is 1.91. The summed E-state index contributed by atoms with van der Waals surface area (Å²) in [6.45, 7) is 0. The zero-order valence-corrected chi connectivity index (χ0v) is 12.2. The van der Waals surface area contributed by atoms with Crippen LogP contribution in [0.4, 0.5) is 11.5 Å². The Bertz CT molecular complexity index is 609. The van der Waals surface area contributed by atoms with E-state index in [1.54, 1.807) is 6.07 Å². The molecule has 21 heavy (non-hydrogen) atoms. The van der Waals surface area contributed by atoms with E-state index in [0.29, 0.717) is 12.8 Å². The first kappa shape index (κ1) is 14.8. The molecule has 1 aromatic carbocycles. The first-order chi connectivity index (χ1) is 10.1. The predicted octanol–water partition coefficient (Wildman–Crippen LogP) is 2.42. The van der Waals surface area contributed by atoms with E-state index < -0.39 is 0 Å². The van der Waals surface area contributed by atoms with Crippen molar-refractivity contribution in [3.05, 3.63) is 48.2 Å². The van der Waals surface area contributed by atoms with Crippen LogP contribution in [0, 0.1) is 0 Å². The van der Waals surface area contributed by atoms with Crippen molar-refractivity contribution in [3.8, 4) is 5.75 Å². The molecule has 2 N–H and O–H groups in total. The number of benzene rings is 1. The van der Waals surface area contributed by atoms with E-state index >= 15 is 0 Å². The van der Waals surface area contributed by atoms with Crippen LogP contribution < -0.4 is 10.2 Å². The van der Waals surface area contributed by atoms with E-state index in [4.69, 9.17) is 0 Å². The molecule has 0 fully saturated rings. The van der Waals surface area contributed by atoms with Crippen molar-refractivity contribution >= 4 is 17.4 Å². The first-order valence-corrected chi connectivity index (χ1v) is 6.76. The van der Waals surface area contributed by atoms with Gasteiger partial charge in [-0.25, -0.2) is 4.98 Å². The highest BCUT2D eigenvalue weighted by Gasteiger charge is 2.07. The fraction of sp³-hybridized carbons (Fsp3) is 0.250. The topological polar surface area (TPSA) is 65.5 Å². The summed E-state index contributed by atoms with van der Waals surface area (Å²) < 4.78 is 0. The highest BCUT2D eigenvalue weighted by Crippen LogP contribution is 2.19. The Balaban J connectivity index is 1.88. The van der Waals surface area contributed by atoms with Crippen LogP contribution in [-0.4, -0.2) is 30.1 Å². The van der Waals surface area contributed by atoms with Crippen molar-refractivity contribution in [2.45, 2.75) is 12.8 Å². The Kier molecular flexibility index (Phi) is 4.77. The van der Waals surface area contributed by atoms with Crippen LogP contribution in [0.3, 0.4) is 0 Å². The van der Waals surface area contributed by atoms with Gasteiger partial charge in [0.25, 0.3) is 0 Å². The average molecular weight is 285 g/mol. The minimum absolute atomic E-state index is 0.0267. The first-order valence-electron chi connectivity index (χ1n) is 6.76. The molecule has 2 rings (SSSR count). The maximum Gasteiger partial charge on any atom is 0.225 e. The van der Waals surface area contributed by atoms with Gasteiger partial charge in [0.2, 0.25) is 5.91 Å². The maximum absolute atomic E-state index is 11.8. The van der Waals surface area contributed by atoms with Crippen LogP contribution in [0.25, 0.3) is 0 Å². The molecule has 0 aliphatic carbocycles. The second-order valence-electron chi connectivity index (χ2n) is 4.98. The molecular weight excluding hydrogens is 266 g/mol. The number of aryl methyl sites for hydroxylation is 1. The second-order valence-corrected chi connectivity index (χ2v) is 4.98.